The molecule has 0 amide bonds. The van der Waals surface area contributed by atoms with Gasteiger partial charge in [-0.25, -0.2) is 15.0 Å². The number of benzene rings is 8. The van der Waals surface area contributed by atoms with Crippen molar-refractivity contribution in [3.8, 4) is 51.0 Å². The number of pyridine rings is 1. The lowest BCUT2D eigenvalue weighted by atomic mass is 9.85. The first-order valence-corrected chi connectivity index (χ1v) is 31.3. The molecular weight excluding hydrogens is 1060 g/mol. The fourth-order valence-corrected chi connectivity index (χ4v) is 12.8. The van der Waals surface area contributed by atoms with Gasteiger partial charge in [0.1, 0.15) is 0 Å². The van der Waals surface area contributed by atoms with Crippen LogP contribution >= 0.6 is 0 Å². The molecule has 13 aromatic rings. The largest absolute Gasteiger partial charge is 0.307 e. The van der Waals surface area contributed by atoms with Crippen molar-refractivity contribution in [3.63, 3.8) is 0 Å². The maximum absolute atomic E-state index is 5.75. The Balaban J connectivity index is 1.30. The molecule has 0 atom stereocenters. The summed E-state index contributed by atoms with van der Waals surface area (Å²) in [4.78, 5) is 16.8. The van der Waals surface area contributed by atoms with Gasteiger partial charge in [0, 0.05) is 54.7 Å². The smallest absolute Gasteiger partial charge is 0.160 e. The zero-order chi connectivity index (χ0) is 61.7. The number of aromatic nitrogens is 6. The number of nitrogens with zero attached hydrogens (tertiary/aromatic N) is 6. The van der Waals surface area contributed by atoms with Crippen LogP contribution in [0, 0.1) is 0 Å². The van der Waals surface area contributed by atoms with E-state index in [-0.39, 0.29) is 32.5 Å². The molecule has 0 aliphatic rings. The summed E-state index contributed by atoms with van der Waals surface area (Å²) in [6.45, 7) is 41.6. The molecule has 5 heterocycles. The molecule has 0 saturated heterocycles. The molecule has 8 aromatic carbocycles. The fraction of sp³-hybridized carbons (Fsp3) is 0.296. The molecule has 438 valence electrons. The third kappa shape index (κ3) is 10.0. The molecule has 0 aliphatic carbocycles. The molecule has 5 aromatic heterocycles. The highest BCUT2D eigenvalue weighted by atomic mass is 15.1. The Morgan fingerprint density at radius 2 is 0.598 bits per heavy atom. The lowest BCUT2D eigenvalue weighted by Crippen LogP contribution is -2.13. The number of rotatable bonds is 6. The second kappa shape index (κ2) is 20.0. The van der Waals surface area contributed by atoms with Crippen LogP contribution in [0.3, 0.4) is 0 Å². The molecule has 0 aliphatic heterocycles. The van der Waals surface area contributed by atoms with Crippen LogP contribution < -0.4 is 0 Å². The average molecular weight is 1140 g/mol. The van der Waals surface area contributed by atoms with Crippen LogP contribution in [-0.2, 0) is 32.5 Å². The summed E-state index contributed by atoms with van der Waals surface area (Å²) in [6.07, 6.45) is 0. The zero-order valence-corrected chi connectivity index (χ0v) is 54.5. The molecule has 0 radical (unpaired) electrons. The van der Waals surface area contributed by atoms with E-state index in [4.69, 9.17) is 15.0 Å². The van der Waals surface area contributed by atoms with Crippen molar-refractivity contribution in [1.29, 1.82) is 0 Å². The molecule has 0 bridgehead atoms. The highest BCUT2D eigenvalue weighted by molar-refractivity contribution is 6.14. The maximum atomic E-state index is 5.75. The molecular formula is C81H84N6. The van der Waals surface area contributed by atoms with Gasteiger partial charge in [0.25, 0.3) is 0 Å². The monoisotopic (exact) mass is 1140 g/mol. The van der Waals surface area contributed by atoms with Gasteiger partial charge in [-0.15, -0.1) is 0 Å². The summed E-state index contributed by atoms with van der Waals surface area (Å²) in [5.41, 5.74) is 22.1. The number of hydrogen-bond donors (Lipinski definition) is 0. The van der Waals surface area contributed by atoms with Crippen molar-refractivity contribution in [2.75, 3.05) is 0 Å². The molecule has 87 heavy (non-hydrogen) atoms. The lowest BCUT2D eigenvalue weighted by molar-refractivity contribution is 0.571. The lowest BCUT2D eigenvalue weighted by Gasteiger charge is -2.25. The van der Waals surface area contributed by atoms with E-state index in [2.05, 4.69) is 320 Å². The van der Waals surface area contributed by atoms with Crippen LogP contribution in [0.25, 0.3) is 117 Å². The van der Waals surface area contributed by atoms with E-state index in [1.165, 1.54) is 49.4 Å². The molecule has 13 rings (SSSR count). The van der Waals surface area contributed by atoms with E-state index in [0.717, 1.165) is 94.8 Å². The van der Waals surface area contributed by atoms with Crippen LogP contribution in [0.15, 0.2) is 182 Å². The number of fused-ring (bicyclic) bond motifs is 9. The molecule has 6 nitrogen and oxygen atoms in total. The summed E-state index contributed by atoms with van der Waals surface area (Å²) in [6, 6.07) is 68.6. The normalized spacial score (nSPS) is 13.2. The second-order valence-electron chi connectivity index (χ2n) is 30.8. The molecule has 6 heteroatoms. The topological polar surface area (TPSA) is 53.5 Å². The van der Waals surface area contributed by atoms with Gasteiger partial charge in [0.2, 0.25) is 0 Å². The van der Waals surface area contributed by atoms with E-state index in [9.17, 15) is 0 Å². The van der Waals surface area contributed by atoms with Crippen LogP contribution in [0.1, 0.15) is 158 Å². The number of hydrogen-bond acceptors (Lipinski definition) is 3. The van der Waals surface area contributed by atoms with Crippen molar-refractivity contribution in [2.24, 2.45) is 0 Å². The highest BCUT2D eigenvalue weighted by Crippen LogP contribution is 2.48. The minimum Gasteiger partial charge on any atom is -0.307 e. The minimum absolute atomic E-state index is 0.0908. The first-order valence-electron chi connectivity index (χ1n) is 31.3. The minimum atomic E-state index is -0.196. The Morgan fingerprint density at radius 3 is 0.966 bits per heavy atom. The van der Waals surface area contributed by atoms with Crippen LogP contribution in [-0.4, -0.2) is 28.7 Å². The van der Waals surface area contributed by atoms with E-state index in [1.807, 2.05) is 0 Å². The van der Waals surface area contributed by atoms with Crippen LogP contribution in [0.4, 0.5) is 0 Å². The van der Waals surface area contributed by atoms with Gasteiger partial charge in [-0.2, -0.15) is 0 Å². The van der Waals surface area contributed by atoms with Gasteiger partial charge in [0.15, 0.2) is 5.82 Å². The Hall–Kier alpha value is -8.61. The van der Waals surface area contributed by atoms with Gasteiger partial charge in [-0.1, -0.05) is 216 Å². The Labute approximate surface area is 515 Å². The quantitative estimate of drug-likeness (QED) is 0.167. The Morgan fingerprint density at radius 1 is 0.264 bits per heavy atom. The predicted molar refractivity (Wildman–Crippen MR) is 371 cm³/mol. The Bertz CT molecular complexity index is 4440. The van der Waals surface area contributed by atoms with E-state index in [0.29, 0.717) is 5.82 Å². The van der Waals surface area contributed by atoms with Crippen molar-refractivity contribution in [3.05, 3.63) is 216 Å². The zero-order valence-electron chi connectivity index (χ0n) is 54.5. The summed E-state index contributed by atoms with van der Waals surface area (Å²) >= 11 is 0. The van der Waals surface area contributed by atoms with Crippen molar-refractivity contribution in [2.45, 2.75) is 157 Å². The predicted octanol–water partition coefficient (Wildman–Crippen LogP) is 21.9. The Kier molecular flexibility index (Phi) is 13.2. The first-order chi connectivity index (χ1) is 40.9. The average Bonchev–Trinajstić information content (AvgIpc) is 1.61. The summed E-state index contributed by atoms with van der Waals surface area (Å²) < 4.78 is 7.71. The van der Waals surface area contributed by atoms with Gasteiger partial charge in [-0.05, 0) is 146 Å². The highest BCUT2D eigenvalue weighted by Gasteiger charge is 2.31. The van der Waals surface area contributed by atoms with Gasteiger partial charge < -0.3 is 13.7 Å². The first kappa shape index (κ1) is 57.5. The fourth-order valence-electron chi connectivity index (χ4n) is 12.8. The van der Waals surface area contributed by atoms with Crippen molar-refractivity contribution >= 4 is 65.5 Å². The molecule has 0 fully saturated rings. The van der Waals surface area contributed by atoms with E-state index in [1.54, 1.807) is 0 Å². The van der Waals surface area contributed by atoms with Gasteiger partial charge in [-0.3, -0.25) is 0 Å². The van der Waals surface area contributed by atoms with Gasteiger partial charge >= 0.3 is 0 Å². The third-order valence-electron chi connectivity index (χ3n) is 18.1. The second-order valence-corrected chi connectivity index (χ2v) is 30.8. The summed E-state index contributed by atoms with van der Waals surface area (Å²) in [5.74, 6) is 0.666. The van der Waals surface area contributed by atoms with E-state index >= 15 is 0 Å². The van der Waals surface area contributed by atoms with Gasteiger partial charge in [0.05, 0.1) is 67.1 Å². The van der Waals surface area contributed by atoms with E-state index < -0.39 is 0 Å². The molecule has 0 saturated carbocycles. The maximum Gasteiger partial charge on any atom is 0.160 e. The molecule has 0 N–H and O–H groups in total. The van der Waals surface area contributed by atoms with Crippen LogP contribution in [0.2, 0.25) is 0 Å². The summed E-state index contributed by atoms with van der Waals surface area (Å²) in [5, 5.41) is 6.00. The SMILES string of the molecule is CC(C)(C)c1ccc2c(c1)c1cc(C(C)(C)C)ccc1n2-c1cc(-c2cc(-c3ccccc3)nc(-c3ccccc3)n2)cc(-n2c3ccc(C(C)(C)C)cc3c3cc(C(C)(C)C)ccc32)c1-n1c2ccc(C(C)(C)C)cc2c2nc(C(C)(C)C)ccc21. The third-order valence-corrected chi connectivity index (χ3v) is 18.1. The molecule has 0 unspecified atom stereocenters. The van der Waals surface area contributed by atoms with Crippen molar-refractivity contribution in [1.82, 2.24) is 28.7 Å². The van der Waals surface area contributed by atoms with Crippen LogP contribution in [0.5, 0.6) is 0 Å². The standard InChI is InChI=1S/C81H84N6/c1-76(2,3)52-29-34-64-57(43-52)58-44-53(77(4,5)6)30-35-65(58)85(64)70-41-51(63-48-62(49-25-21-19-22-26-49)82-75(83-63)50-27-23-20-24-28-50)42-71(86-66-36-31-54(78(7,8)9)45-59(66)60-46-55(79(10,11)12)32-37-67(60)86)74(70)87-68-38-33-56(80(13,14)15)47-61(68)73-69(87)39-40-72(84-73)81(16,17)18/h19-48H,1-18H3. The van der Waals surface area contributed by atoms with Crippen molar-refractivity contribution < 1.29 is 0 Å². The molecule has 0 spiro atoms. The summed E-state index contributed by atoms with van der Waals surface area (Å²) in [7, 11) is 0.